The van der Waals surface area contributed by atoms with Gasteiger partial charge in [0.25, 0.3) is 0 Å². The number of anilines is 1. The first-order valence-corrected chi connectivity index (χ1v) is 8.51. The van der Waals surface area contributed by atoms with Crippen molar-refractivity contribution in [1.29, 1.82) is 0 Å². The van der Waals surface area contributed by atoms with Gasteiger partial charge in [0.2, 0.25) is 0 Å². The van der Waals surface area contributed by atoms with Crippen LogP contribution in [0.5, 0.6) is 0 Å². The Hall–Kier alpha value is -2.35. The lowest BCUT2D eigenvalue weighted by atomic mass is 10.3. The largest absolute Gasteiger partial charge is 0.369 e. The highest BCUT2D eigenvalue weighted by molar-refractivity contribution is 7.98. The van der Waals surface area contributed by atoms with Crippen molar-refractivity contribution < 1.29 is 0 Å². The maximum absolute atomic E-state index is 5.78. The van der Waals surface area contributed by atoms with Crippen LogP contribution in [0.2, 0.25) is 0 Å². The summed E-state index contributed by atoms with van der Waals surface area (Å²) in [7, 11) is 0. The van der Waals surface area contributed by atoms with Gasteiger partial charge in [0.15, 0.2) is 10.3 Å². The molecular weight excluding hydrogens is 326 g/mol. The summed E-state index contributed by atoms with van der Waals surface area (Å²) in [5.74, 6) is 0.386. The second kappa shape index (κ2) is 9.62. The van der Waals surface area contributed by atoms with Gasteiger partial charge < -0.3 is 11.1 Å². The van der Waals surface area contributed by atoms with Crippen LogP contribution < -0.4 is 16.2 Å². The van der Waals surface area contributed by atoms with Gasteiger partial charge in [0.05, 0.1) is 5.69 Å². The van der Waals surface area contributed by atoms with Crippen LogP contribution in [0.1, 0.15) is 0 Å². The molecule has 5 N–H and O–H groups in total. The van der Waals surface area contributed by atoms with Crippen LogP contribution in [0.15, 0.2) is 81.6 Å². The van der Waals surface area contributed by atoms with Crippen molar-refractivity contribution in [3.8, 4) is 0 Å². The fourth-order valence-electron chi connectivity index (χ4n) is 1.61. The van der Waals surface area contributed by atoms with E-state index in [0.717, 1.165) is 15.7 Å². The van der Waals surface area contributed by atoms with Crippen molar-refractivity contribution in [3.05, 3.63) is 72.2 Å². The fourth-order valence-corrected chi connectivity index (χ4v) is 2.48. The first kappa shape index (κ1) is 17.0. The normalized spacial score (nSPS) is 10.6. The van der Waals surface area contributed by atoms with Gasteiger partial charge in [-0.1, -0.05) is 36.4 Å². The van der Waals surface area contributed by atoms with Crippen LogP contribution in [0.25, 0.3) is 0 Å². The molecule has 3 rings (SSSR count). The zero-order valence-electron chi connectivity index (χ0n) is 12.3. The molecule has 3 aromatic rings. The van der Waals surface area contributed by atoms with Gasteiger partial charge in [0.1, 0.15) is 0 Å². The van der Waals surface area contributed by atoms with Crippen LogP contribution >= 0.6 is 23.3 Å². The van der Waals surface area contributed by atoms with Crippen molar-refractivity contribution in [1.82, 2.24) is 4.98 Å². The summed E-state index contributed by atoms with van der Waals surface area (Å²) in [5.41, 5.74) is 7.54. The Kier molecular flexibility index (Phi) is 7.12. The maximum atomic E-state index is 5.78. The fraction of sp³-hybridized carbons (Fsp3) is 0. The van der Waals surface area contributed by atoms with Gasteiger partial charge >= 0.3 is 0 Å². The Morgan fingerprint density at radius 2 is 1.70 bits per heavy atom. The summed E-state index contributed by atoms with van der Waals surface area (Å²) in [6.45, 7) is 0. The third-order valence-electron chi connectivity index (χ3n) is 2.56. The average molecular weight is 343 g/mol. The molecule has 0 saturated heterocycles. The number of rotatable bonds is 3. The van der Waals surface area contributed by atoms with E-state index in [0.29, 0.717) is 5.96 Å². The Morgan fingerprint density at radius 3 is 2.22 bits per heavy atom. The number of hydrogen-bond donors (Lipinski definition) is 3. The van der Waals surface area contributed by atoms with Crippen LogP contribution in [-0.2, 0) is 0 Å². The summed E-state index contributed by atoms with van der Waals surface area (Å²) >= 11 is 2.73. The molecule has 2 aromatic carbocycles. The lowest BCUT2D eigenvalue weighted by Crippen LogP contribution is -2.21. The van der Waals surface area contributed by atoms with E-state index in [2.05, 4.69) is 15.3 Å². The third kappa shape index (κ3) is 6.52. The molecule has 1 heterocycles. The molecule has 23 heavy (non-hydrogen) atoms. The predicted molar refractivity (Wildman–Crippen MR) is 99.9 cm³/mol. The Balaban J connectivity index is 0.000000229. The Morgan fingerprint density at radius 1 is 1.04 bits per heavy atom. The number of guanidine groups is 1. The minimum Gasteiger partial charge on any atom is -0.369 e. The number of aliphatic imine (C=N–C) groups is 1. The molecule has 0 bridgehead atoms. The lowest BCUT2D eigenvalue weighted by Gasteiger charge is -2.04. The van der Waals surface area contributed by atoms with Crippen molar-refractivity contribution >= 4 is 40.6 Å². The second-order valence-corrected chi connectivity index (χ2v) is 6.01. The smallest absolute Gasteiger partial charge is 0.198 e. The molecule has 0 atom stereocenters. The zero-order chi connectivity index (χ0) is 16.3. The molecule has 0 radical (unpaired) electrons. The molecule has 0 spiro atoms. The summed E-state index contributed by atoms with van der Waals surface area (Å²) in [5, 5.41) is 10.1. The van der Waals surface area contributed by atoms with Gasteiger partial charge in [-0.3, -0.25) is 5.14 Å². The number of thiazole rings is 1. The van der Waals surface area contributed by atoms with E-state index in [-0.39, 0.29) is 0 Å². The number of para-hydroxylation sites is 2. The van der Waals surface area contributed by atoms with Crippen molar-refractivity contribution in [2.45, 2.75) is 4.34 Å². The first-order valence-electron chi connectivity index (χ1n) is 6.75. The molecule has 0 aliphatic carbocycles. The van der Waals surface area contributed by atoms with E-state index >= 15 is 0 Å². The van der Waals surface area contributed by atoms with Crippen LogP contribution in [0, 0.1) is 0 Å². The van der Waals surface area contributed by atoms with E-state index in [9.17, 15) is 0 Å². The highest BCUT2D eigenvalue weighted by Crippen LogP contribution is 2.13. The van der Waals surface area contributed by atoms with Crippen LogP contribution in [0.4, 0.5) is 11.4 Å². The van der Waals surface area contributed by atoms with E-state index in [1.165, 1.54) is 11.9 Å². The van der Waals surface area contributed by atoms with Crippen molar-refractivity contribution in [3.63, 3.8) is 0 Å². The van der Waals surface area contributed by atoms with E-state index in [1.807, 2.05) is 66.0 Å². The molecular formula is C16H17N5S2. The number of nitrogens with one attached hydrogen (secondary N) is 1. The maximum Gasteiger partial charge on any atom is 0.198 e. The number of benzene rings is 2. The topological polar surface area (TPSA) is 89.3 Å². The summed E-state index contributed by atoms with van der Waals surface area (Å²) < 4.78 is 0.917. The second-order valence-electron chi connectivity index (χ2n) is 4.24. The van der Waals surface area contributed by atoms with Crippen molar-refractivity contribution in [2.24, 2.45) is 15.9 Å². The minimum atomic E-state index is 0.386. The highest BCUT2D eigenvalue weighted by atomic mass is 32.2. The molecule has 0 aliphatic heterocycles. The van der Waals surface area contributed by atoms with Crippen LogP contribution in [0.3, 0.4) is 0 Å². The molecule has 0 unspecified atom stereocenters. The summed E-state index contributed by atoms with van der Waals surface area (Å²) in [6, 6.07) is 19.3. The highest BCUT2D eigenvalue weighted by Gasteiger charge is 1.93. The first-order chi connectivity index (χ1) is 11.3. The molecule has 0 aliphatic rings. The number of nitrogens with two attached hydrogens (primary N) is 2. The molecule has 5 nitrogen and oxygen atoms in total. The van der Waals surface area contributed by atoms with E-state index in [4.69, 9.17) is 10.9 Å². The molecule has 118 valence electrons. The van der Waals surface area contributed by atoms with Crippen molar-refractivity contribution in [2.75, 3.05) is 5.32 Å². The zero-order valence-corrected chi connectivity index (χ0v) is 13.9. The third-order valence-corrected chi connectivity index (χ3v) is 4.01. The number of aromatic nitrogens is 1. The standard InChI is InChI=1S/C13H13N3.C3H4N2S2/c14-13(15-11-7-3-1-4-8-11)16-12-9-5-2-6-10-12;4-7-3-5-1-2-6-3/h1-10H,(H3,14,15,16);1-2H,4H2. The molecule has 7 heteroatoms. The van der Waals surface area contributed by atoms with Gasteiger partial charge in [-0.15, -0.1) is 11.3 Å². The summed E-state index contributed by atoms with van der Waals surface area (Å²) in [6.07, 6.45) is 1.74. The predicted octanol–water partition coefficient (Wildman–Crippen LogP) is 3.85. The van der Waals surface area contributed by atoms with Crippen LogP contribution in [-0.4, -0.2) is 10.9 Å². The monoisotopic (exact) mass is 343 g/mol. The molecule has 1 aromatic heterocycles. The summed E-state index contributed by atoms with van der Waals surface area (Å²) in [4.78, 5) is 8.13. The quantitative estimate of drug-likeness (QED) is 0.382. The SMILES string of the molecule is NC(=Nc1ccccc1)Nc1ccccc1.NSc1nccs1. The lowest BCUT2D eigenvalue weighted by molar-refractivity contribution is 1.25. The molecule has 0 amide bonds. The number of nitrogens with zero attached hydrogens (tertiary/aromatic N) is 2. The van der Waals surface area contributed by atoms with Gasteiger partial charge in [-0.05, 0) is 36.2 Å². The van der Waals surface area contributed by atoms with Gasteiger partial charge in [-0.2, -0.15) is 0 Å². The van der Waals surface area contributed by atoms with E-state index in [1.54, 1.807) is 17.5 Å². The van der Waals surface area contributed by atoms with Gasteiger partial charge in [0, 0.05) is 17.3 Å². The van der Waals surface area contributed by atoms with Gasteiger partial charge in [-0.25, -0.2) is 9.98 Å². The Bertz CT molecular complexity index is 700. The molecule has 0 saturated carbocycles. The molecule has 0 fully saturated rings. The average Bonchev–Trinajstić information content (AvgIpc) is 3.11. The minimum absolute atomic E-state index is 0.386. The Labute approximate surface area is 143 Å². The number of hydrogen-bond acceptors (Lipinski definition) is 5. The van der Waals surface area contributed by atoms with E-state index < -0.39 is 0 Å².